The molecule has 0 unspecified atom stereocenters. The number of carbonyl (C=O) groups excluding carboxylic acids is 2. The molecular formula is C23H23NO4. The zero-order valence-corrected chi connectivity index (χ0v) is 16.0. The molecule has 5 heteroatoms. The molecule has 0 aliphatic rings. The normalized spacial score (nSPS) is 10.5. The largest absolute Gasteiger partial charge is 0.461 e. The van der Waals surface area contributed by atoms with Crippen LogP contribution in [-0.4, -0.2) is 18.5 Å². The summed E-state index contributed by atoms with van der Waals surface area (Å²) in [6, 6.07) is 19.2. The number of hydrogen-bond donors (Lipinski definition) is 1. The van der Waals surface area contributed by atoms with Gasteiger partial charge in [0.1, 0.15) is 11.5 Å². The first-order valence-corrected chi connectivity index (χ1v) is 9.18. The van der Waals surface area contributed by atoms with Crippen molar-refractivity contribution in [3.8, 4) is 11.3 Å². The molecule has 0 aliphatic carbocycles. The molecule has 28 heavy (non-hydrogen) atoms. The number of amides is 1. The molecule has 0 aliphatic heterocycles. The highest BCUT2D eigenvalue weighted by Crippen LogP contribution is 2.22. The van der Waals surface area contributed by atoms with Gasteiger partial charge in [-0.25, -0.2) is 0 Å². The molecule has 1 aromatic heterocycles. The molecule has 0 radical (unpaired) electrons. The Kier molecular flexibility index (Phi) is 6.27. The number of anilines is 1. The highest BCUT2D eigenvalue weighted by Gasteiger charge is 2.11. The molecule has 144 valence electrons. The van der Waals surface area contributed by atoms with Gasteiger partial charge in [0.05, 0.1) is 6.42 Å². The van der Waals surface area contributed by atoms with Crippen molar-refractivity contribution in [3.63, 3.8) is 0 Å². The van der Waals surface area contributed by atoms with Crippen LogP contribution < -0.4 is 5.32 Å². The van der Waals surface area contributed by atoms with E-state index in [1.54, 1.807) is 0 Å². The van der Waals surface area contributed by atoms with E-state index < -0.39 is 5.97 Å². The van der Waals surface area contributed by atoms with Crippen molar-refractivity contribution < 1.29 is 18.7 Å². The van der Waals surface area contributed by atoms with E-state index >= 15 is 0 Å². The van der Waals surface area contributed by atoms with Crippen LogP contribution in [0.15, 0.2) is 65.1 Å². The summed E-state index contributed by atoms with van der Waals surface area (Å²) in [7, 11) is 0. The van der Waals surface area contributed by atoms with Crippen LogP contribution in [0.2, 0.25) is 0 Å². The van der Waals surface area contributed by atoms with E-state index in [-0.39, 0.29) is 18.9 Å². The first kappa shape index (κ1) is 19.4. The lowest BCUT2D eigenvalue weighted by atomic mass is 10.1. The zero-order valence-electron chi connectivity index (χ0n) is 16.0. The SMILES string of the molecule is Cc1ccc(NC(=O)COC(=O)CCc2ccc(-c3ccccc3)o2)c(C)c1. The van der Waals surface area contributed by atoms with Crippen LogP contribution >= 0.6 is 0 Å². The number of ether oxygens (including phenoxy) is 1. The van der Waals surface area contributed by atoms with Crippen LogP contribution in [0.25, 0.3) is 11.3 Å². The van der Waals surface area contributed by atoms with Crippen LogP contribution in [0.3, 0.4) is 0 Å². The van der Waals surface area contributed by atoms with E-state index in [2.05, 4.69) is 5.32 Å². The van der Waals surface area contributed by atoms with Gasteiger partial charge < -0.3 is 14.5 Å². The van der Waals surface area contributed by atoms with Crippen molar-refractivity contribution in [2.75, 3.05) is 11.9 Å². The third-order valence-electron chi connectivity index (χ3n) is 4.32. The molecule has 5 nitrogen and oxygen atoms in total. The van der Waals surface area contributed by atoms with Gasteiger partial charge in [-0.05, 0) is 37.6 Å². The number of carbonyl (C=O) groups is 2. The maximum absolute atomic E-state index is 12.0. The Labute approximate surface area is 164 Å². The Morgan fingerprint density at radius 2 is 1.79 bits per heavy atom. The number of esters is 1. The summed E-state index contributed by atoms with van der Waals surface area (Å²) >= 11 is 0. The van der Waals surface area contributed by atoms with Crippen molar-refractivity contribution in [3.05, 3.63) is 77.6 Å². The molecule has 1 heterocycles. The van der Waals surface area contributed by atoms with E-state index in [9.17, 15) is 9.59 Å². The van der Waals surface area contributed by atoms with Crippen molar-refractivity contribution in [1.29, 1.82) is 0 Å². The fourth-order valence-corrected chi connectivity index (χ4v) is 2.85. The van der Waals surface area contributed by atoms with E-state index in [1.165, 1.54) is 0 Å². The minimum absolute atomic E-state index is 0.151. The van der Waals surface area contributed by atoms with Gasteiger partial charge in [-0.1, -0.05) is 48.0 Å². The molecule has 2 aromatic carbocycles. The van der Waals surface area contributed by atoms with Crippen molar-refractivity contribution in [2.45, 2.75) is 26.7 Å². The fraction of sp³-hybridized carbons (Fsp3) is 0.217. The number of hydrogen-bond acceptors (Lipinski definition) is 4. The summed E-state index contributed by atoms with van der Waals surface area (Å²) < 4.78 is 10.8. The smallest absolute Gasteiger partial charge is 0.306 e. The Balaban J connectivity index is 1.43. The summed E-state index contributed by atoms with van der Waals surface area (Å²) in [5.41, 5.74) is 3.79. The number of nitrogens with one attached hydrogen (secondary N) is 1. The molecule has 0 saturated heterocycles. The third kappa shape index (κ3) is 5.33. The average Bonchev–Trinajstić information content (AvgIpc) is 3.17. The summed E-state index contributed by atoms with van der Waals surface area (Å²) in [5.74, 6) is 0.672. The van der Waals surface area contributed by atoms with Gasteiger partial charge in [-0.15, -0.1) is 0 Å². The molecule has 0 bridgehead atoms. The van der Waals surface area contributed by atoms with Crippen molar-refractivity contribution in [1.82, 2.24) is 0 Å². The predicted molar refractivity (Wildman–Crippen MR) is 108 cm³/mol. The minimum Gasteiger partial charge on any atom is -0.461 e. The lowest BCUT2D eigenvalue weighted by Gasteiger charge is -2.09. The average molecular weight is 377 g/mol. The molecule has 1 N–H and O–H groups in total. The first-order chi connectivity index (χ1) is 13.5. The van der Waals surface area contributed by atoms with Gasteiger partial charge in [0, 0.05) is 17.7 Å². The topological polar surface area (TPSA) is 68.5 Å². The minimum atomic E-state index is -0.437. The quantitative estimate of drug-likeness (QED) is 0.607. The van der Waals surface area contributed by atoms with E-state index in [1.807, 2.05) is 74.5 Å². The summed E-state index contributed by atoms with van der Waals surface area (Å²) in [4.78, 5) is 23.9. The number of rotatable bonds is 7. The van der Waals surface area contributed by atoms with Crippen molar-refractivity contribution in [2.24, 2.45) is 0 Å². The number of furan rings is 1. The molecule has 3 rings (SSSR count). The number of benzene rings is 2. The Morgan fingerprint density at radius 3 is 2.54 bits per heavy atom. The maximum Gasteiger partial charge on any atom is 0.306 e. The number of aryl methyl sites for hydroxylation is 3. The van der Waals surface area contributed by atoms with Gasteiger partial charge in [-0.2, -0.15) is 0 Å². The summed E-state index contributed by atoms with van der Waals surface area (Å²) in [6.45, 7) is 3.60. The third-order valence-corrected chi connectivity index (χ3v) is 4.32. The second-order valence-electron chi connectivity index (χ2n) is 6.66. The van der Waals surface area contributed by atoms with Gasteiger partial charge in [-0.3, -0.25) is 9.59 Å². The van der Waals surface area contributed by atoms with E-state index in [4.69, 9.17) is 9.15 Å². The fourth-order valence-electron chi connectivity index (χ4n) is 2.85. The molecule has 0 saturated carbocycles. The Bertz CT molecular complexity index is 960. The maximum atomic E-state index is 12.0. The zero-order chi connectivity index (χ0) is 19.9. The van der Waals surface area contributed by atoms with E-state index in [0.29, 0.717) is 12.2 Å². The van der Waals surface area contributed by atoms with Crippen LogP contribution in [0, 0.1) is 13.8 Å². The van der Waals surface area contributed by atoms with Crippen LogP contribution in [0.5, 0.6) is 0 Å². The van der Waals surface area contributed by atoms with Crippen LogP contribution in [0.4, 0.5) is 5.69 Å². The first-order valence-electron chi connectivity index (χ1n) is 9.18. The molecule has 1 amide bonds. The van der Waals surface area contributed by atoms with Crippen molar-refractivity contribution >= 4 is 17.6 Å². The highest BCUT2D eigenvalue weighted by molar-refractivity contribution is 5.93. The highest BCUT2D eigenvalue weighted by atomic mass is 16.5. The lowest BCUT2D eigenvalue weighted by Crippen LogP contribution is -2.21. The summed E-state index contributed by atoms with van der Waals surface area (Å²) in [6.07, 6.45) is 0.572. The molecular weight excluding hydrogens is 354 g/mol. The Morgan fingerprint density at radius 1 is 1.00 bits per heavy atom. The standard InChI is InChI=1S/C23H23NO4/c1-16-8-11-20(17(2)14-16)24-22(25)15-27-23(26)13-10-19-9-12-21(28-19)18-6-4-3-5-7-18/h3-9,11-12,14H,10,13,15H2,1-2H3,(H,24,25). The Hall–Kier alpha value is -3.34. The summed E-state index contributed by atoms with van der Waals surface area (Å²) in [5, 5.41) is 2.75. The predicted octanol–water partition coefficient (Wildman–Crippen LogP) is 4.68. The van der Waals surface area contributed by atoms with Gasteiger partial charge in [0.2, 0.25) is 0 Å². The van der Waals surface area contributed by atoms with Gasteiger partial charge in [0.15, 0.2) is 6.61 Å². The molecule has 0 atom stereocenters. The van der Waals surface area contributed by atoms with Gasteiger partial charge in [0.25, 0.3) is 5.91 Å². The van der Waals surface area contributed by atoms with Gasteiger partial charge >= 0.3 is 5.97 Å². The molecule has 3 aromatic rings. The van der Waals surface area contributed by atoms with Crippen LogP contribution in [0.1, 0.15) is 23.3 Å². The second kappa shape index (κ2) is 9.04. The molecule has 0 fully saturated rings. The van der Waals surface area contributed by atoms with Crippen LogP contribution in [-0.2, 0) is 20.7 Å². The molecule has 0 spiro atoms. The monoisotopic (exact) mass is 377 g/mol. The second-order valence-corrected chi connectivity index (χ2v) is 6.66. The lowest BCUT2D eigenvalue weighted by molar-refractivity contribution is -0.147. The van der Waals surface area contributed by atoms with E-state index in [0.717, 1.165) is 28.1 Å².